The van der Waals surface area contributed by atoms with Crippen molar-refractivity contribution < 1.29 is 9.21 Å². The molecule has 3 heterocycles. The van der Waals surface area contributed by atoms with E-state index in [-0.39, 0.29) is 11.7 Å². The van der Waals surface area contributed by atoms with Crippen molar-refractivity contribution in [1.29, 1.82) is 0 Å². The zero-order chi connectivity index (χ0) is 21.5. The lowest BCUT2D eigenvalue weighted by atomic mass is 10.2. The molecule has 0 N–H and O–H groups in total. The number of amides is 1. The van der Waals surface area contributed by atoms with Gasteiger partial charge in [0.05, 0.1) is 18.6 Å². The van der Waals surface area contributed by atoms with Crippen LogP contribution in [0.1, 0.15) is 18.2 Å². The summed E-state index contributed by atoms with van der Waals surface area (Å²) in [5, 5.41) is 9.38. The number of hydrogen-bond donors (Lipinski definition) is 0. The lowest BCUT2D eigenvalue weighted by Crippen LogP contribution is -2.31. The van der Waals surface area contributed by atoms with Gasteiger partial charge in [-0.05, 0) is 36.8 Å². The van der Waals surface area contributed by atoms with E-state index in [1.807, 2.05) is 71.0 Å². The highest BCUT2D eigenvalue weighted by Crippen LogP contribution is 2.25. The second-order valence-electron chi connectivity index (χ2n) is 6.90. The van der Waals surface area contributed by atoms with Crippen molar-refractivity contribution in [3.05, 3.63) is 84.6 Å². The van der Waals surface area contributed by atoms with Crippen molar-refractivity contribution in [2.75, 3.05) is 12.3 Å². The third kappa shape index (κ3) is 5.21. The Morgan fingerprint density at radius 1 is 1.10 bits per heavy atom. The van der Waals surface area contributed by atoms with E-state index in [1.165, 1.54) is 11.8 Å². The van der Waals surface area contributed by atoms with E-state index in [4.69, 9.17) is 4.42 Å². The number of carbonyl (C=O) groups is 1. The number of hydrogen-bond acceptors (Lipinski definition) is 6. The van der Waals surface area contributed by atoms with E-state index in [0.717, 1.165) is 16.9 Å². The standard InChI is InChI=1S/C23H23N5O2S/c1-2-27(15-18-8-4-3-5-9-18)21(29)17-31-23-26-25-22(19-10-6-12-24-14-19)28(23)16-20-11-7-13-30-20/h3-14H,2,15-17H2,1H3. The lowest BCUT2D eigenvalue weighted by molar-refractivity contribution is -0.128. The molecule has 0 unspecified atom stereocenters. The number of nitrogens with zero attached hydrogens (tertiary/aromatic N) is 5. The van der Waals surface area contributed by atoms with Gasteiger partial charge in [0.15, 0.2) is 11.0 Å². The molecule has 1 amide bonds. The van der Waals surface area contributed by atoms with Crippen molar-refractivity contribution in [3.8, 4) is 11.4 Å². The summed E-state index contributed by atoms with van der Waals surface area (Å²) in [5.41, 5.74) is 1.97. The fourth-order valence-electron chi connectivity index (χ4n) is 3.20. The average molecular weight is 434 g/mol. The summed E-state index contributed by atoms with van der Waals surface area (Å²) in [6.07, 6.45) is 5.11. The third-order valence-electron chi connectivity index (χ3n) is 4.81. The highest BCUT2D eigenvalue weighted by molar-refractivity contribution is 7.99. The molecular formula is C23H23N5O2S. The Morgan fingerprint density at radius 2 is 1.97 bits per heavy atom. The number of benzene rings is 1. The Balaban J connectivity index is 1.51. The molecule has 31 heavy (non-hydrogen) atoms. The first-order chi connectivity index (χ1) is 15.2. The number of rotatable bonds is 9. The Morgan fingerprint density at radius 3 is 2.68 bits per heavy atom. The SMILES string of the molecule is CCN(Cc1ccccc1)C(=O)CSc1nnc(-c2cccnc2)n1Cc1ccco1. The molecule has 0 aliphatic rings. The van der Waals surface area contributed by atoms with Crippen LogP contribution >= 0.6 is 11.8 Å². The zero-order valence-electron chi connectivity index (χ0n) is 17.2. The maximum absolute atomic E-state index is 12.9. The second-order valence-corrected chi connectivity index (χ2v) is 7.84. The monoisotopic (exact) mass is 433 g/mol. The zero-order valence-corrected chi connectivity index (χ0v) is 18.0. The molecule has 4 rings (SSSR count). The van der Waals surface area contributed by atoms with Crippen LogP contribution in [0, 0.1) is 0 Å². The average Bonchev–Trinajstić information content (AvgIpc) is 3.47. The van der Waals surface area contributed by atoms with Gasteiger partial charge in [0, 0.05) is 31.0 Å². The van der Waals surface area contributed by atoms with Crippen LogP contribution in [0.3, 0.4) is 0 Å². The first kappa shape index (κ1) is 20.9. The van der Waals surface area contributed by atoms with Gasteiger partial charge in [-0.3, -0.25) is 14.3 Å². The van der Waals surface area contributed by atoms with E-state index in [1.54, 1.807) is 18.7 Å². The van der Waals surface area contributed by atoms with Crippen LogP contribution < -0.4 is 0 Å². The highest BCUT2D eigenvalue weighted by atomic mass is 32.2. The summed E-state index contributed by atoms with van der Waals surface area (Å²) < 4.78 is 7.48. The van der Waals surface area contributed by atoms with Crippen molar-refractivity contribution in [2.45, 2.75) is 25.2 Å². The van der Waals surface area contributed by atoms with Crippen LogP contribution in [-0.4, -0.2) is 42.9 Å². The smallest absolute Gasteiger partial charge is 0.233 e. The minimum absolute atomic E-state index is 0.0619. The van der Waals surface area contributed by atoms with Crippen molar-refractivity contribution in [3.63, 3.8) is 0 Å². The molecule has 1 aromatic carbocycles. The molecule has 158 valence electrons. The van der Waals surface area contributed by atoms with Crippen LogP contribution in [0.2, 0.25) is 0 Å². The number of thioether (sulfide) groups is 1. The molecule has 0 saturated heterocycles. The molecule has 0 aliphatic heterocycles. The number of pyridine rings is 1. The first-order valence-corrected chi connectivity index (χ1v) is 11.0. The van der Waals surface area contributed by atoms with Gasteiger partial charge in [0.1, 0.15) is 5.76 Å². The Kier molecular flexibility index (Phi) is 6.78. The van der Waals surface area contributed by atoms with E-state index in [9.17, 15) is 4.79 Å². The molecule has 0 fully saturated rings. The Labute approximate surface area is 185 Å². The normalized spacial score (nSPS) is 10.9. The summed E-state index contributed by atoms with van der Waals surface area (Å²) >= 11 is 1.38. The first-order valence-electron chi connectivity index (χ1n) is 10.0. The summed E-state index contributed by atoms with van der Waals surface area (Å²) in [6.45, 7) is 3.71. The minimum Gasteiger partial charge on any atom is -0.467 e. The van der Waals surface area contributed by atoms with Gasteiger partial charge in [0.2, 0.25) is 5.91 Å². The number of aromatic nitrogens is 4. The number of furan rings is 1. The molecular weight excluding hydrogens is 410 g/mol. The summed E-state index contributed by atoms with van der Waals surface area (Å²) in [4.78, 5) is 18.9. The predicted molar refractivity (Wildman–Crippen MR) is 119 cm³/mol. The van der Waals surface area contributed by atoms with Gasteiger partial charge in [-0.15, -0.1) is 10.2 Å². The largest absolute Gasteiger partial charge is 0.467 e. The van der Waals surface area contributed by atoms with Gasteiger partial charge < -0.3 is 9.32 Å². The lowest BCUT2D eigenvalue weighted by Gasteiger charge is -2.20. The molecule has 3 aromatic heterocycles. The molecule has 0 bridgehead atoms. The maximum atomic E-state index is 12.9. The van der Waals surface area contributed by atoms with Crippen molar-refractivity contribution >= 4 is 17.7 Å². The van der Waals surface area contributed by atoms with E-state index < -0.39 is 0 Å². The Hall–Kier alpha value is -3.39. The highest BCUT2D eigenvalue weighted by Gasteiger charge is 2.19. The van der Waals surface area contributed by atoms with Gasteiger partial charge >= 0.3 is 0 Å². The molecule has 0 spiro atoms. The molecule has 0 aliphatic carbocycles. The fraction of sp³-hybridized carbons (Fsp3) is 0.217. The minimum atomic E-state index is 0.0619. The fourth-order valence-corrected chi connectivity index (χ4v) is 4.04. The number of carbonyl (C=O) groups excluding carboxylic acids is 1. The van der Waals surface area contributed by atoms with Crippen LogP contribution in [0.25, 0.3) is 11.4 Å². The van der Waals surface area contributed by atoms with E-state index in [2.05, 4.69) is 15.2 Å². The van der Waals surface area contributed by atoms with E-state index in [0.29, 0.717) is 30.6 Å². The molecule has 0 radical (unpaired) electrons. The van der Waals surface area contributed by atoms with Crippen LogP contribution in [0.15, 0.2) is 82.8 Å². The molecule has 0 atom stereocenters. The van der Waals surface area contributed by atoms with E-state index >= 15 is 0 Å². The summed E-state index contributed by atoms with van der Waals surface area (Å²) in [7, 11) is 0. The predicted octanol–water partition coefficient (Wildman–Crippen LogP) is 4.12. The van der Waals surface area contributed by atoms with Gasteiger partial charge in [-0.25, -0.2) is 0 Å². The maximum Gasteiger partial charge on any atom is 0.233 e. The van der Waals surface area contributed by atoms with Crippen molar-refractivity contribution in [1.82, 2.24) is 24.6 Å². The topological polar surface area (TPSA) is 77.1 Å². The van der Waals surface area contributed by atoms with Gasteiger partial charge in [-0.1, -0.05) is 42.1 Å². The van der Waals surface area contributed by atoms with Gasteiger partial charge in [-0.2, -0.15) is 0 Å². The molecule has 8 heteroatoms. The van der Waals surface area contributed by atoms with Crippen LogP contribution in [0.5, 0.6) is 0 Å². The Bertz CT molecular complexity index is 1100. The quantitative estimate of drug-likeness (QED) is 0.370. The van der Waals surface area contributed by atoms with Crippen LogP contribution in [-0.2, 0) is 17.9 Å². The molecule has 7 nitrogen and oxygen atoms in total. The molecule has 0 saturated carbocycles. The molecule has 4 aromatic rings. The second kappa shape index (κ2) is 10.1. The van der Waals surface area contributed by atoms with Crippen molar-refractivity contribution in [2.24, 2.45) is 0 Å². The third-order valence-corrected chi connectivity index (χ3v) is 5.76. The van der Waals surface area contributed by atoms with Gasteiger partial charge in [0.25, 0.3) is 0 Å². The van der Waals surface area contributed by atoms with Crippen LogP contribution in [0.4, 0.5) is 0 Å². The summed E-state index contributed by atoms with van der Waals surface area (Å²) in [6, 6.07) is 17.6. The summed E-state index contributed by atoms with van der Waals surface area (Å²) in [5.74, 6) is 1.82.